The van der Waals surface area contributed by atoms with Gasteiger partial charge in [-0.15, -0.1) is 0 Å². The Labute approximate surface area is 156 Å². The third-order valence-corrected chi connectivity index (χ3v) is 4.54. The van der Waals surface area contributed by atoms with E-state index in [2.05, 4.69) is 9.97 Å². The fraction of sp³-hybridized carbons (Fsp3) is 0.300. The van der Waals surface area contributed by atoms with E-state index in [0.29, 0.717) is 37.8 Å². The highest BCUT2D eigenvalue weighted by atomic mass is 16.5. The molecule has 0 aliphatic carbocycles. The fourth-order valence-corrected chi connectivity index (χ4v) is 3.07. The SMILES string of the molecule is COc1cc(-c2nc3ccccc3[nH]2)ccc1OCC(=O)N1CCOCC1. The Morgan fingerprint density at radius 2 is 2.00 bits per heavy atom. The fourth-order valence-electron chi connectivity index (χ4n) is 3.07. The molecule has 7 nitrogen and oxygen atoms in total. The molecule has 140 valence electrons. The Hall–Kier alpha value is -3.06. The van der Waals surface area contributed by atoms with E-state index in [-0.39, 0.29) is 12.5 Å². The molecule has 27 heavy (non-hydrogen) atoms. The van der Waals surface area contributed by atoms with Gasteiger partial charge in [-0.05, 0) is 30.3 Å². The minimum atomic E-state index is -0.0540. The van der Waals surface area contributed by atoms with Crippen molar-refractivity contribution in [1.29, 1.82) is 0 Å². The van der Waals surface area contributed by atoms with E-state index in [1.54, 1.807) is 18.1 Å². The minimum absolute atomic E-state index is 0.0274. The Kier molecular flexibility index (Phi) is 4.93. The lowest BCUT2D eigenvalue weighted by Gasteiger charge is -2.26. The summed E-state index contributed by atoms with van der Waals surface area (Å²) in [6.45, 7) is 2.32. The monoisotopic (exact) mass is 367 g/mol. The molecule has 7 heteroatoms. The van der Waals surface area contributed by atoms with Gasteiger partial charge in [-0.25, -0.2) is 4.98 Å². The van der Waals surface area contributed by atoms with Crippen LogP contribution in [0.1, 0.15) is 0 Å². The molecule has 0 bridgehead atoms. The van der Waals surface area contributed by atoms with Gasteiger partial charge in [0.2, 0.25) is 0 Å². The maximum Gasteiger partial charge on any atom is 0.260 e. The van der Waals surface area contributed by atoms with Crippen molar-refractivity contribution in [3.05, 3.63) is 42.5 Å². The molecule has 0 atom stereocenters. The molecule has 1 fully saturated rings. The first-order valence-electron chi connectivity index (χ1n) is 8.86. The second-order valence-corrected chi connectivity index (χ2v) is 6.25. The summed E-state index contributed by atoms with van der Waals surface area (Å²) in [6.07, 6.45) is 0. The summed E-state index contributed by atoms with van der Waals surface area (Å²) in [5, 5.41) is 0. The zero-order chi connectivity index (χ0) is 18.6. The maximum atomic E-state index is 12.2. The largest absolute Gasteiger partial charge is 0.493 e. The van der Waals surface area contributed by atoms with E-state index < -0.39 is 0 Å². The number of methoxy groups -OCH3 is 1. The topological polar surface area (TPSA) is 76.7 Å². The van der Waals surface area contributed by atoms with Crippen molar-refractivity contribution in [3.63, 3.8) is 0 Å². The van der Waals surface area contributed by atoms with Gasteiger partial charge in [0.15, 0.2) is 18.1 Å². The molecule has 0 saturated carbocycles. The van der Waals surface area contributed by atoms with Gasteiger partial charge in [0.25, 0.3) is 5.91 Å². The number of fused-ring (bicyclic) bond motifs is 1. The molecule has 0 unspecified atom stereocenters. The molecule has 0 spiro atoms. The van der Waals surface area contributed by atoms with E-state index in [1.807, 2.05) is 36.4 Å². The lowest BCUT2D eigenvalue weighted by molar-refractivity contribution is -0.137. The smallest absolute Gasteiger partial charge is 0.260 e. The minimum Gasteiger partial charge on any atom is -0.493 e. The van der Waals surface area contributed by atoms with Crippen molar-refractivity contribution in [2.75, 3.05) is 40.0 Å². The number of nitrogens with one attached hydrogen (secondary N) is 1. The third-order valence-electron chi connectivity index (χ3n) is 4.54. The van der Waals surface area contributed by atoms with E-state index in [0.717, 1.165) is 22.4 Å². The van der Waals surface area contributed by atoms with E-state index in [4.69, 9.17) is 14.2 Å². The Balaban J connectivity index is 1.50. The lowest BCUT2D eigenvalue weighted by Crippen LogP contribution is -2.43. The average Bonchev–Trinajstić information content (AvgIpc) is 3.17. The number of morpholine rings is 1. The van der Waals surface area contributed by atoms with Crippen molar-refractivity contribution >= 4 is 16.9 Å². The second-order valence-electron chi connectivity index (χ2n) is 6.25. The van der Waals surface area contributed by atoms with Crippen LogP contribution in [0.25, 0.3) is 22.4 Å². The number of hydrogen-bond donors (Lipinski definition) is 1. The van der Waals surface area contributed by atoms with Crippen LogP contribution in [0.3, 0.4) is 0 Å². The quantitative estimate of drug-likeness (QED) is 0.750. The molecule has 4 rings (SSSR count). The zero-order valence-electron chi connectivity index (χ0n) is 15.1. The molecule has 1 amide bonds. The zero-order valence-corrected chi connectivity index (χ0v) is 15.1. The van der Waals surface area contributed by atoms with Crippen LogP contribution >= 0.6 is 0 Å². The summed E-state index contributed by atoms with van der Waals surface area (Å²) >= 11 is 0. The molecule has 1 aliphatic rings. The molecule has 1 saturated heterocycles. The van der Waals surface area contributed by atoms with E-state index in [1.165, 1.54) is 0 Å². The van der Waals surface area contributed by atoms with Crippen LogP contribution in [0, 0.1) is 0 Å². The number of aromatic amines is 1. The average molecular weight is 367 g/mol. The number of carbonyl (C=O) groups is 1. The summed E-state index contributed by atoms with van der Waals surface area (Å²) in [5.41, 5.74) is 2.76. The van der Waals surface area contributed by atoms with Gasteiger partial charge >= 0.3 is 0 Å². The van der Waals surface area contributed by atoms with Gasteiger partial charge in [-0.2, -0.15) is 0 Å². The maximum absolute atomic E-state index is 12.2. The van der Waals surface area contributed by atoms with E-state index in [9.17, 15) is 4.79 Å². The van der Waals surface area contributed by atoms with Crippen LogP contribution in [0.15, 0.2) is 42.5 Å². The standard InChI is InChI=1S/C20H21N3O4/c1-25-18-12-14(20-21-15-4-2-3-5-16(15)22-20)6-7-17(18)27-13-19(24)23-8-10-26-11-9-23/h2-7,12H,8-11,13H2,1H3,(H,21,22). The number of nitrogens with zero attached hydrogens (tertiary/aromatic N) is 2. The number of carbonyl (C=O) groups excluding carboxylic acids is 1. The number of amides is 1. The molecule has 1 aromatic heterocycles. The number of rotatable bonds is 5. The molecule has 0 radical (unpaired) electrons. The van der Waals surface area contributed by atoms with Gasteiger partial charge in [-0.1, -0.05) is 12.1 Å². The van der Waals surface area contributed by atoms with Crippen LogP contribution in [-0.4, -0.2) is 60.8 Å². The van der Waals surface area contributed by atoms with Crippen molar-refractivity contribution in [2.45, 2.75) is 0 Å². The summed E-state index contributed by atoms with van der Waals surface area (Å²) < 4.78 is 16.4. The first-order chi connectivity index (χ1) is 13.2. The van der Waals surface area contributed by atoms with Crippen LogP contribution < -0.4 is 9.47 Å². The van der Waals surface area contributed by atoms with Crippen LogP contribution in [0.5, 0.6) is 11.5 Å². The van der Waals surface area contributed by atoms with Gasteiger partial charge < -0.3 is 24.1 Å². The second kappa shape index (κ2) is 7.67. The molecular formula is C20H21N3O4. The normalized spacial score (nSPS) is 14.3. The summed E-state index contributed by atoms with van der Waals surface area (Å²) in [7, 11) is 1.58. The lowest BCUT2D eigenvalue weighted by atomic mass is 10.2. The number of para-hydroxylation sites is 2. The number of benzene rings is 2. The van der Waals surface area contributed by atoms with Gasteiger partial charge in [0.1, 0.15) is 5.82 Å². The number of imidazole rings is 1. The molecular weight excluding hydrogens is 346 g/mol. The Morgan fingerprint density at radius 1 is 1.19 bits per heavy atom. The van der Waals surface area contributed by atoms with Gasteiger partial charge in [0.05, 0.1) is 31.4 Å². The molecule has 1 aliphatic heterocycles. The number of ether oxygens (including phenoxy) is 3. The first kappa shape index (κ1) is 17.4. The molecule has 1 N–H and O–H groups in total. The summed E-state index contributed by atoms with van der Waals surface area (Å²) in [4.78, 5) is 21.9. The van der Waals surface area contributed by atoms with Crippen LogP contribution in [0.4, 0.5) is 0 Å². The van der Waals surface area contributed by atoms with Crippen molar-refractivity contribution in [2.24, 2.45) is 0 Å². The molecule has 2 heterocycles. The summed E-state index contributed by atoms with van der Waals surface area (Å²) in [5.74, 6) is 1.79. The predicted molar refractivity (Wildman–Crippen MR) is 101 cm³/mol. The van der Waals surface area contributed by atoms with Gasteiger partial charge in [-0.3, -0.25) is 4.79 Å². The third kappa shape index (κ3) is 3.73. The van der Waals surface area contributed by atoms with E-state index >= 15 is 0 Å². The summed E-state index contributed by atoms with van der Waals surface area (Å²) in [6, 6.07) is 13.4. The van der Waals surface area contributed by atoms with Crippen LogP contribution in [0.2, 0.25) is 0 Å². The number of aromatic nitrogens is 2. The highest BCUT2D eigenvalue weighted by molar-refractivity contribution is 5.80. The van der Waals surface area contributed by atoms with Crippen molar-refractivity contribution in [1.82, 2.24) is 14.9 Å². The number of H-pyrrole nitrogens is 1. The van der Waals surface area contributed by atoms with Crippen molar-refractivity contribution in [3.8, 4) is 22.9 Å². The molecule has 3 aromatic rings. The van der Waals surface area contributed by atoms with Crippen molar-refractivity contribution < 1.29 is 19.0 Å². The molecule has 2 aromatic carbocycles. The van der Waals surface area contributed by atoms with Gasteiger partial charge in [0, 0.05) is 18.7 Å². The first-order valence-corrected chi connectivity index (χ1v) is 8.86. The Morgan fingerprint density at radius 3 is 2.78 bits per heavy atom. The highest BCUT2D eigenvalue weighted by Crippen LogP contribution is 2.32. The highest BCUT2D eigenvalue weighted by Gasteiger charge is 2.18. The van der Waals surface area contributed by atoms with Crippen LogP contribution in [-0.2, 0) is 9.53 Å². The number of hydrogen-bond acceptors (Lipinski definition) is 5. The predicted octanol–water partition coefficient (Wildman–Crippen LogP) is 2.48. The Bertz CT molecular complexity index is 914.